The van der Waals surface area contributed by atoms with Crippen LogP contribution in [0.5, 0.6) is 0 Å². The number of rotatable bonds is 7. The van der Waals surface area contributed by atoms with Crippen LogP contribution in [0.2, 0.25) is 0 Å². The molecule has 3 N–H and O–H groups in total. The highest BCUT2D eigenvalue weighted by atomic mass is 16.5. The van der Waals surface area contributed by atoms with Crippen LogP contribution in [-0.4, -0.2) is 18.7 Å². The molecule has 1 atom stereocenters. The van der Waals surface area contributed by atoms with Gasteiger partial charge in [0.25, 0.3) is 0 Å². The maximum absolute atomic E-state index is 12.4. The summed E-state index contributed by atoms with van der Waals surface area (Å²) in [5.41, 5.74) is 9.18. The van der Waals surface area contributed by atoms with Gasteiger partial charge in [0.2, 0.25) is 0 Å². The van der Waals surface area contributed by atoms with Crippen LogP contribution < -0.4 is 11.1 Å². The molecule has 3 aromatic carbocycles. The quantitative estimate of drug-likeness (QED) is 0.667. The van der Waals surface area contributed by atoms with Crippen LogP contribution in [0.1, 0.15) is 22.6 Å². The van der Waals surface area contributed by atoms with Gasteiger partial charge in [-0.05, 0) is 16.7 Å². The Kier molecular flexibility index (Phi) is 6.61. The average molecular weight is 360 g/mol. The molecule has 1 amide bonds. The summed E-state index contributed by atoms with van der Waals surface area (Å²) in [5, 5.41) is 2.95. The molecule has 3 rings (SSSR count). The molecule has 4 nitrogen and oxygen atoms in total. The van der Waals surface area contributed by atoms with Crippen LogP contribution in [0.25, 0.3) is 0 Å². The molecular weight excluding hydrogens is 336 g/mol. The normalized spacial score (nSPS) is 11.8. The van der Waals surface area contributed by atoms with E-state index in [1.165, 1.54) is 0 Å². The first-order valence-corrected chi connectivity index (χ1v) is 9.05. The van der Waals surface area contributed by atoms with Crippen molar-refractivity contribution in [1.29, 1.82) is 0 Å². The number of nitrogens with one attached hydrogen (secondary N) is 1. The van der Waals surface area contributed by atoms with Gasteiger partial charge in [-0.2, -0.15) is 0 Å². The molecule has 138 valence electrons. The molecule has 0 aliphatic carbocycles. The van der Waals surface area contributed by atoms with E-state index < -0.39 is 6.09 Å². The lowest BCUT2D eigenvalue weighted by molar-refractivity contribution is 0.135. The largest absolute Gasteiger partial charge is 0.445 e. The Morgan fingerprint density at radius 2 is 1.30 bits per heavy atom. The molecule has 0 aliphatic heterocycles. The van der Waals surface area contributed by atoms with Gasteiger partial charge in [-0.25, -0.2) is 4.79 Å². The third kappa shape index (κ3) is 5.19. The highest BCUT2D eigenvalue weighted by molar-refractivity contribution is 5.68. The van der Waals surface area contributed by atoms with Crippen molar-refractivity contribution in [3.63, 3.8) is 0 Å². The first kappa shape index (κ1) is 18.7. The molecule has 0 aliphatic rings. The third-order valence-electron chi connectivity index (χ3n) is 4.49. The van der Waals surface area contributed by atoms with E-state index in [2.05, 4.69) is 29.6 Å². The summed E-state index contributed by atoms with van der Waals surface area (Å²) in [6.45, 7) is 0.528. The second-order valence-electron chi connectivity index (χ2n) is 6.35. The third-order valence-corrected chi connectivity index (χ3v) is 4.49. The molecule has 0 unspecified atom stereocenters. The molecule has 0 spiro atoms. The second kappa shape index (κ2) is 9.55. The van der Waals surface area contributed by atoms with E-state index in [9.17, 15) is 4.79 Å². The molecule has 0 aromatic heterocycles. The minimum absolute atomic E-state index is 0.0540. The fraction of sp³-hybridized carbons (Fsp3) is 0.174. The van der Waals surface area contributed by atoms with Crippen molar-refractivity contribution >= 4 is 6.09 Å². The summed E-state index contributed by atoms with van der Waals surface area (Å²) in [6, 6.07) is 29.5. The van der Waals surface area contributed by atoms with Crippen molar-refractivity contribution < 1.29 is 9.53 Å². The van der Waals surface area contributed by atoms with Crippen LogP contribution in [0.4, 0.5) is 4.79 Å². The first-order chi connectivity index (χ1) is 13.3. The Morgan fingerprint density at radius 1 is 0.815 bits per heavy atom. The first-order valence-electron chi connectivity index (χ1n) is 9.05. The predicted molar refractivity (Wildman–Crippen MR) is 107 cm³/mol. The molecular formula is C23H24N2O2. The molecule has 3 aromatic rings. The Morgan fingerprint density at radius 3 is 1.78 bits per heavy atom. The fourth-order valence-corrected chi connectivity index (χ4v) is 3.17. The SMILES string of the molecule is NC[C@@H](NC(=O)OCc1ccccc1)C(c1ccccc1)c1ccccc1. The fourth-order valence-electron chi connectivity index (χ4n) is 3.17. The number of ether oxygens (including phenoxy) is 1. The number of amides is 1. The van der Waals surface area contributed by atoms with Crippen LogP contribution in [0.15, 0.2) is 91.0 Å². The van der Waals surface area contributed by atoms with E-state index in [4.69, 9.17) is 10.5 Å². The van der Waals surface area contributed by atoms with E-state index in [1.807, 2.05) is 66.7 Å². The van der Waals surface area contributed by atoms with Crippen LogP contribution in [-0.2, 0) is 11.3 Å². The zero-order chi connectivity index (χ0) is 18.9. The van der Waals surface area contributed by atoms with Crippen molar-refractivity contribution in [2.75, 3.05) is 6.54 Å². The van der Waals surface area contributed by atoms with Crippen molar-refractivity contribution in [1.82, 2.24) is 5.32 Å². The maximum Gasteiger partial charge on any atom is 0.407 e. The van der Waals surface area contributed by atoms with Gasteiger partial charge in [-0.3, -0.25) is 0 Å². The summed E-state index contributed by atoms with van der Waals surface area (Å²) in [4.78, 5) is 12.4. The number of carbonyl (C=O) groups is 1. The minimum atomic E-state index is -0.467. The van der Waals surface area contributed by atoms with Gasteiger partial charge in [-0.15, -0.1) is 0 Å². The molecule has 0 fully saturated rings. The van der Waals surface area contributed by atoms with Crippen LogP contribution in [0, 0.1) is 0 Å². The topological polar surface area (TPSA) is 64.3 Å². The van der Waals surface area contributed by atoms with E-state index in [-0.39, 0.29) is 18.6 Å². The lowest BCUT2D eigenvalue weighted by Gasteiger charge is -2.27. The molecule has 4 heteroatoms. The Hall–Kier alpha value is -3.11. The lowest BCUT2D eigenvalue weighted by atomic mass is 9.85. The van der Waals surface area contributed by atoms with Crippen LogP contribution in [0.3, 0.4) is 0 Å². The predicted octanol–water partition coefficient (Wildman–Crippen LogP) is 4.07. The molecule has 0 radical (unpaired) electrons. The highest BCUT2D eigenvalue weighted by Crippen LogP contribution is 2.27. The molecule has 0 bridgehead atoms. The molecule has 27 heavy (non-hydrogen) atoms. The van der Waals surface area contributed by atoms with Gasteiger partial charge in [0, 0.05) is 12.5 Å². The van der Waals surface area contributed by atoms with E-state index in [0.29, 0.717) is 6.54 Å². The summed E-state index contributed by atoms with van der Waals surface area (Å²) in [5.74, 6) is -0.0540. The van der Waals surface area contributed by atoms with Gasteiger partial charge < -0.3 is 15.8 Å². The molecule has 0 saturated heterocycles. The van der Waals surface area contributed by atoms with Gasteiger partial charge in [0.1, 0.15) is 6.61 Å². The summed E-state index contributed by atoms with van der Waals surface area (Å²) < 4.78 is 5.38. The standard InChI is InChI=1S/C23H24N2O2/c24-16-21(25-23(26)27-17-18-10-4-1-5-11-18)22(19-12-6-2-7-13-19)20-14-8-3-9-15-20/h1-15,21-22H,16-17,24H2,(H,25,26)/t21-/m1/s1. The summed E-state index contributed by atoms with van der Waals surface area (Å²) in [6.07, 6.45) is -0.467. The van der Waals surface area contributed by atoms with E-state index in [0.717, 1.165) is 16.7 Å². The average Bonchev–Trinajstić information content (AvgIpc) is 2.74. The molecule has 0 saturated carbocycles. The number of carbonyl (C=O) groups excluding carboxylic acids is 1. The van der Waals surface area contributed by atoms with Crippen molar-refractivity contribution in [3.05, 3.63) is 108 Å². The Bertz CT molecular complexity index is 783. The summed E-state index contributed by atoms with van der Waals surface area (Å²) >= 11 is 0. The smallest absolute Gasteiger partial charge is 0.407 e. The van der Waals surface area contributed by atoms with E-state index >= 15 is 0 Å². The highest BCUT2D eigenvalue weighted by Gasteiger charge is 2.25. The number of hydrogen-bond acceptors (Lipinski definition) is 3. The van der Waals surface area contributed by atoms with Gasteiger partial charge >= 0.3 is 6.09 Å². The molecule has 0 heterocycles. The van der Waals surface area contributed by atoms with Gasteiger partial charge in [0.05, 0.1) is 6.04 Å². The Balaban J connectivity index is 1.74. The number of nitrogens with two attached hydrogens (primary N) is 1. The van der Waals surface area contributed by atoms with Crippen molar-refractivity contribution in [3.8, 4) is 0 Å². The van der Waals surface area contributed by atoms with Crippen molar-refractivity contribution in [2.45, 2.75) is 18.6 Å². The second-order valence-corrected chi connectivity index (χ2v) is 6.35. The Labute approximate surface area is 160 Å². The minimum Gasteiger partial charge on any atom is -0.445 e. The van der Waals surface area contributed by atoms with Gasteiger partial charge in [-0.1, -0.05) is 91.0 Å². The lowest BCUT2D eigenvalue weighted by Crippen LogP contribution is -2.44. The monoisotopic (exact) mass is 360 g/mol. The number of hydrogen-bond donors (Lipinski definition) is 2. The zero-order valence-corrected chi connectivity index (χ0v) is 15.1. The zero-order valence-electron chi connectivity index (χ0n) is 15.1. The maximum atomic E-state index is 12.4. The van der Waals surface area contributed by atoms with E-state index in [1.54, 1.807) is 0 Å². The van der Waals surface area contributed by atoms with Crippen LogP contribution >= 0.6 is 0 Å². The number of benzene rings is 3. The summed E-state index contributed by atoms with van der Waals surface area (Å²) in [7, 11) is 0. The number of alkyl carbamates (subject to hydrolysis) is 1. The van der Waals surface area contributed by atoms with Gasteiger partial charge in [0.15, 0.2) is 0 Å². The van der Waals surface area contributed by atoms with Crippen molar-refractivity contribution in [2.24, 2.45) is 5.73 Å².